The van der Waals surface area contributed by atoms with E-state index in [9.17, 15) is 9.59 Å². The number of anilines is 1. The van der Waals surface area contributed by atoms with Crippen LogP contribution in [0.1, 0.15) is 47.4 Å². The summed E-state index contributed by atoms with van der Waals surface area (Å²) in [4.78, 5) is 27.2. The average Bonchev–Trinajstić information content (AvgIpc) is 2.72. The van der Waals surface area contributed by atoms with Crippen molar-refractivity contribution in [3.05, 3.63) is 59.7 Å². The van der Waals surface area contributed by atoms with Crippen LogP contribution in [0.2, 0.25) is 0 Å². The maximum Gasteiger partial charge on any atom is 0.255 e. The van der Waals surface area contributed by atoms with Gasteiger partial charge in [0.1, 0.15) is 12.4 Å². The Labute approximate surface area is 166 Å². The fourth-order valence-electron chi connectivity index (χ4n) is 2.85. The summed E-state index contributed by atoms with van der Waals surface area (Å²) in [5.41, 5.74) is 7.04. The minimum atomic E-state index is -0.261. The molecule has 0 bridgehead atoms. The summed E-state index contributed by atoms with van der Waals surface area (Å²) in [5.74, 6) is 0.394. The standard InChI is InChI=1S/C22H29N3O3/c1-3-13-25(14-4-2)22(27)18-7-5-6-17(16-18)21(26)24-19-8-10-20(11-9-19)28-15-12-23/h5-11,16H,3-4,12-15,23H2,1-2H3,(H,24,26). The normalized spacial score (nSPS) is 10.4. The summed E-state index contributed by atoms with van der Waals surface area (Å²) in [5, 5.41) is 2.84. The first-order valence-electron chi connectivity index (χ1n) is 9.72. The van der Waals surface area contributed by atoms with Crippen molar-refractivity contribution < 1.29 is 14.3 Å². The van der Waals surface area contributed by atoms with Gasteiger partial charge in [-0.05, 0) is 55.3 Å². The van der Waals surface area contributed by atoms with E-state index in [4.69, 9.17) is 10.5 Å². The molecular weight excluding hydrogens is 354 g/mol. The number of hydrogen-bond donors (Lipinski definition) is 2. The van der Waals surface area contributed by atoms with E-state index in [0.717, 1.165) is 12.8 Å². The Bertz CT molecular complexity index is 769. The molecule has 0 heterocycles. The van der Waals surface area contributed by atoms with Crippen molar-refractivity contribution in [1.82, 2.24) is 4.90 Å². The monoisotopic (exact) mass is 383 g/mol. The van der Waals surface area contributed by atoms with Gasteiger partial charge in [-0.2, -0.15) is 0 Å². The zero-order chi connectivity index (χ0) is 20.4. The highest BCUT2D eigenvalue weighted by atomic mass is 16.5. The third-order valence-electron chi connectivity index (χ3n) is 4.14. The molecule has 2 amide bonds. The first kappa shape index (κ1) is 21.4. The van der Waals surface area contributed by atoms with Crippen LogP contribution in [-0.4, -0.2) is 43.0 Å². The van der Waals surface area contributed by atoms with Gasteiger partial charge in [0.2, 0.25) is 0 Å². The van der Waals surface area contributed by atoms with Crippen molar-refractivity contribution in [2.24, 2.45) is 5.73 Å². The lowest BCUT2D eigenvalue weighted by Gasteiger charge is -2.21. The average molecular weight is 383 g/mol. The zero-order valence-electron chi connectivity index (χ0n) is 16.6. The van der Waals surface area contributed by atoms with E-state index in [1.807, 2.05) is 18.7 Å². The van der Waals surface area contributed by atoms with Gasteiger partial charge in [0, 0.05) is 36.4 Å². The molecular formula is C22H29N3O3. The highest BCUT2D eigenvalue weighted by Crippen LogP contribution is 2.17. The summed E-state index contributed by atoms with van der Waals surface area (Å²) in [6.07, 6.45) is 1.80. The van der Waals surface area contributed by atoms with Crippen LogP contribution in [0, 0.1) is 0 Å². The maximum atomic E-state index is 12.8. The second kappa shape index (κ2) is 11.1. The van der Waals surface area contributed by atoms with Crippen molar-refractivity contribution in [2.45, 2.75) is 26.7 Å². The van der Waals surface area contributed by atoms with E-state index < -0.39 is 0 Å². The van der Waals surface area contributed by atoms with Gasteiger partial charge in [-0.1, -0.05) is 19.9 Å². The maximum absolute atomic E-state index is 12.8. The van der Waals surface area contributed by atoms with Crippen LogP contribution in [0.3, 0.4) is 0 Å². The van der Waals surface area contributed by atoms with Crippen LogP contribution in [0.4, 0.5) is 5.69 Å². The zero-order valence-corrected chi connectivity index (χ0v) is 16.6. The molecule has 6 nitrogen and oxygen atoms in total. The van der Waals surface area contributed by atoms with E-state index in [1.54, 1.807) is 48.5 Å². The number of ether oxygens (including phenoxy) is 1. The van der Waals surface area contributed by atoms with E-state index in [2.05, 4.69) is 5.32 Å². The smallest absolute Gasteiger partial charge is 0.255 e. The van der Waals surface area contributed by atoms with E-state index in [-0.39, 0.29) is 11.8 Å². The van der Waals surface area contributed by atoms with Gasteiger partial charge in [-0.3, -0.25) is 9.59 Å². The van der Waals surface area contributed by atoms with Gasteiger partial charge in [0.05, 0.1) is 0 Å². The number of amides is 2. The van der Waals surface area contributed by atoms with Gasteiger partial charge in [0.25, 0.3) is 11.8 Å². The first-order chi connectivity index (χ1) is 13.6. The number of nitrogens with zero attached hydrogens (tertiary/aromatic N) is 1. The molecule has 0 radical (unpaired) electrons. The van der Waals surface area contributed by atoms with Gasteiger partial charge in [0.15, 0.2) is 0 Å². The summed E-state index contributed by atoms with van der Waals surface area (Å²) in [6, 6.07) is 13.9. The summed E-state index contributed by atoms with van der Waals surface area (Å²) < 4.78 is 5.42. The lowest BCUT2D eigenvalue weighted by Crippen LogP contribution is -2.32. The van der Waals surface area contributed by atoms with Crippen molar-refractivity contribution >= 4 is 17.5 Å². The first-order valence-corrected chi connectivity index (χ1v) is 9.72. The number of carbonyl (C=O) groups is 2. The predicted molar refractivity (Wildman–Crippen MR) is 112 cm³/mol. The van der Waals surface area contributed by atoms with Crippen molar-refractivity contribution in [1.29, 1.82) is 0 Å². The number of rotatable bonds is 10. The molecule has 0 saturated heterocycles. The Balaban J connectivity index is 2.07. The van der Waals surface area contributed by atoms with Crippen molar-refractivity contribution in [3.8, 4) is 5.75 Å². The highest BCUT2D eigenvalue weighted by molar-refractivity contribution is 6.06. The number of benzene rings is 2. The molecule has 0 spiro atoms. The Morgan fingerprint density at radius 2 is 1.64 bits per heavy atom. The minimum Gasteiger partial charge on any atom is -0.492 e. The molecule has 0 aliphatic carbocycles. The number of carbonyl (C=O) groups excluding carboxylic acids is 2. The third-order valence-corrected chi connectivity index (χ3v) is 4.14. The van der Waals surface area contributed by atoms with Crippen LogP contribution in [0.5, 0.6) is 5.75 Å². The fourth-order valence-corrected chi connectivity index (χ4v) is 2.85. The molecule has 0 unspecified atom stereocenters. The molecule has 0 atom stereocenters. The molecule has 2 rings (SSSR count). The minimum absolute atomic E-state index is 0.0419. The molecule has 28 heavy (non-hydrogen) atoms. The quantitative estimate of drug-likeness (QED) is 0.657. The Morgan fingerprint density at radius 1 is 1.00 bits per heavy atom. The lowest BCUT2D eigenvalue weighted by atomic mass is 10.1. The summed E-state index contributed by atoms with van der Waals surface area (Å²) >= 11 is 0. The molecule has 0 aliphatic rings. The van der Waals surface area contributed by atoms with Crippen LogP contribution in [0.15, 0.2) is 48.5 Å². The van der Waals surface area contributed by atoms with Crippen LogP contribution in [0.25, 0.3) is 0 Å². The second-order valence-corrected chi connectivity index (χ2v) is 6.49. The Morgan fingerprint density at radius 3 is 2.25 bits per heavy atom. The van der Waals surface area contributed by atoms with Gasteiger partial charge >= 0.3 is 0 Å². The van der Waals surface area contributed by atoms with Crippen molar-refractivity contribution in [3.63, 3.8) is 0 Å². The molecule has 150 valence electrons. The third kappa shape index (κ3) is 6.09. The van der Waals surface area contributed by atoms with Crippen LogP contribution >= 0.6 is 0 Å². The SMILES string of the molecule is CCCN(CCC)C(=O)c1cccc(C(=O)Nc2ccc(OCCN)cc2)c1. The van der Waals surface area contributed by atoms with E-state index in [0.29, 0.717) is 48.8 Å². The van der Waals surface area contributed by atoms with Gasteiger partial charge in [-0.15, -0.1) is 0 Å². The number of hydrogen-bond acceptors (Lipinski definition) is 4. The molecule has 6 heteroatoms. The van der Waals surface area contributed by atoms with Crippen LogP contribution < -0.4 is 15.8 Å². The van der Waals surface area contributed by atoms with E-state index >= 15 is 0 Å². The summed E-state index contributed by atoms with van der Waals surface area (Å²) in [6.45, 7) is 6.41. The molecule has 0 saturated carbocycles. The fraction of sp³-hybridized carbons (Fsp3) is 0.364. The topological polar surface area (TPSA) is 84.7 Å². The molecule has 0 fully saturated rings. The Kier molecular flexibility index (Phi) is 8.49. The predicted octanol–water partition coefficient (Wildman–Crippen LogP) is 3.54. The second-order valence-electron chi connectivity index (χ2n) is 6.49. The summed E-state index contributed by atoms with van der Waals surface area (Å²) in [7, 11) is 0. The molecule has 0 aromatic heterocycles. The van der Waals surface area contributed by atoms with E-state index in [1.165, 1.54) is 0 Å². The molecule has 2 aromatic rings. The van der Waals surface area contributed by atoms with Gasteiger partial charge in [-0.25, -0.2) is 0 Å². The number of nitrogens with one attached hydrogen (secondary N) is 1. The van der Waals surface area contributed by atoms with Gasteiger partial charge < -0.3 is 20.7 Å². The number of nitrogens with two attached hydrogens (primary N) is 1. The largest absolute Gasteiger partial charge is 0.492 e. The lowest BCUT2D eigenvalue weighted by molar-refractivity contribution is 0.0755. The van der Waals surface area contributed by atoms with Crippen LogP contribution in [-0.2, 0) is 0 Å². The molecule has 0 aliphatic heterocycles. The highest BCUT2D eigenvalue weighted by Gasteiger charge is 2.16. The van der Waals surface area contributed by atoms with Crippen molar-refractivity contribution in [2.75, 3.05) is 31.6 Å². The molecule has 3 N–H and O–H groups in total. The molecule has 2 aromatic carbocycles. The Hall–Kier alpha value is -2.86.